The van der Waals surface area contributed by atoms with Crippen LogP contribution in [0.25, 0.3) is 0 Å². The molecule has 0 radical (unpaired) electrons. The Morgan fingerprint density at radius 3 is 2.16 bits per heavy atom. The Hall–Kier alpha value is -2.18. The molecule has 0 aliphatic heterocycles. The van der Waals surface area contributed by atoms with E-state index in [1.54, 1.807) is 23.1 Å². The van der Waals surface area contributed by atoms with Crippen LogP contribution in [0.5, 0.6) is 0 Å². The number of nitrogens with one attached hydrogen (secondary N) is 1. The van der Waals surface area contributed by atoms with Crippen molar-refractivity contribution in [1.82, 2.24) is 10.2 Å². The monoisotopic (exact) mass is 576 g/mol. The van der Waals surface area contributed by atoms with Crippen LogP contribution in [0.4, 0.5) is 0 Å². The molecule has 0 saturated carbocycles. The van der Waals surface area contributed by atoms with Crippen LogP contribution < -0.4 is 5.32 Å². The predicted octanol–water partition coefficient (Wildman–Crippen LogP) is 7.43. The molecule has 0 aromatic heterocycles. The van der Waals surface area contributed by atoms with Crippen LogP contribution in [0.2, 0.25) is 15.1 Å². The standard InChI is InChI=1S/C29H31Cl3N2O2S/c1-3-20(2)33-29(36)27(16-21-8-5-4-6-9-21)34(17-24-25(31)10-7-11-26(24)32)28(35)19-37-18-22-12-14-23(30)15-13-22/h4-15,20,27H,3,16-19H2,1-2H3,(H,33,36)/t20-,27-/m1/s1. The van der Waals surface area contributed by atoms with E-state index in [0.717, 1.165) is 17.5 Å². The fourth-order valence-corrected chi connectivity index (χ4v) is 5.28. The van der Waals surface area contributed by atoms with Crippen molar-refractivity contribution in [2.24, 2.45) is 0 Å². The Labute approximate surface area is 238 Å². The predicted molar refractivity (Wildman–Crippen MR) is 156 cm³/mol. The Bertz CT molecular complexity index is 1160. The number of halogens is 3. The molecule has 0 aliphatic carbocycles. The number of amides is 2. The third-order valence-corrected chi connectivity index (χ3v) is 8.02. The van der Waals surface area contributed by atoms with Gasteiger partial charge in [0, 0.05) is 45.4 Å². The van der Waals surface area contributed by atoms with Gasteiger partial charge in [0.05, 0.1) is 5.75 Å². The Balaban J connectivity index is 1.90. The van der Waals surface area contributed by atoms with Crippen LogP contribution >= 0.6 is 46.6 Å². The van der Waals surface area contributed by atoms with Crippen molar-refractivity contribution in [2.75, 3.05) is 5.75 Å². The summed E-state index contributed by atoms with van der Waals surface area (Å²) in [4.78, 5) is 28.9. The van der Waals surface area contributed by atoms with E-state index in [0.29, 0.717) is 32.8 Å². The van der Waals surface area contributed by atoms with E-state index in [9.17, 15) is 9.59 Å². The summed E-state index contributed by atoms with van der Waals surface area (Å²) >= 11 is 20.5. The molecule has 196 valence electrons. The molecular formula is C29H31Cl3N2O2S. The Morgan fingerprint density at radius 2 is 1.54 bits per heavy atom. The van der Waals surface area contributed by atoms with Gasteiger partial charge < -0.3 is 10.2 Å². The third-order valence-electron chi connectivity index (χ3n) is 6.07. The van der Waals surface area contributed by atoms with Crippen LogP contribution in [0.1, 0.15) is 37.0 Å². The van der Waals surface area contributed by atoms with Crippen molar-refractivity contribution >= 4 is 58.4 Å². The van der Waals surface area contributed by atoms with Gasteiger partial charge in [-0.15, -0.1) is 11.8 Å². The van der Waals surface area contributed by atoms with Gasteiger partial charge in [-0.05, 0) is 48.7 Å². The lowest BCUT2D eigenvalue weighted by atomic mass is 10.0. The van der Waals surface area contributed by atoms with Crippen molar-refractivity contribution in [3.05, 3.63) is 105 Å². The number of hydrogen-bond acceptors (Lipinski definition) is 3. The molecule has 0 saturated heterocycles. The smallest absolute Gasteiger partial charge is 0.243 e. The van der Waals surface area contributed by atoms with Crippen molar-refractivity contribution in [3.63, 3.8) is 0 Å². The van der Waals surface area contributed by atoms with Crippen LogP contribution in [-0.4, -0.2) is 34.6 Å². The van der Waals surface area contributed by atoms with Gasteiger partial charge in [-0.2, -0.15) is 0 Å². The highest BCUT2D eigenvalue weighted by atomic mass is 35.5. The quantitative estimate of drug-likeness (QED) is 0.243. The second-order valence-corrected chi connectivity index (χ2v) is 11.1. The second-order valence-electron chi connectivity index (χ2n) is 8.86. The zero-order valence-corrected chi connectivity index (χ0v) is 24.0. The molecule has 8 heteroatoms. The summed E-state index contributed by atoms with van der Waals surface area (Å²) in [6.07, 6.45) is 1.16. The lowest BCUT2D eigenvalue weighted by molar-refractivity contribution is -0.139. The van der Waals surface area contributed by atoms with E-state index in [2.05, 4.69) is 5.32 Å². The molecule has 0 heterocycles. The van der Waals surface area contributed by atoms with E-state index in [-0.39, 0.29) is 30.2 Å². The minimum Gasteiger partial charge on any atom is -0.352 e. The van der Waals surface area contributed by atoms with Crippen LogP contribution in [-0.2, 0) is 28.3 Å². The zero-order chi connectivity index (χ0) is 26.8. The number of benzene rings is 3. The first-order chi connectivity index (χ1) is 17.8. The highest BCUT2D eigenvalue weighted by Crippen LogP contribution is 2.28. The average Bonchev–Trinajstić information content (AvgIpc) is 2.89. The van der Waals surface area contributed by atoms with Gasteiger partial charge in [-0.1, -0.05) is 90.3 Å². The highest BCUT2D eigenvalue weighted by molar-refractivity contribution is 7.99. The topological polar surface area (TPSA) is 49.4 Å². The average molecular weight is 578 g/mol. The van der Waals surface area contributed by atoms with Gasteiger partial charge in [-0.25, -0.2) is 0 Å². The molecule has 0 fully saturated rings. The molecule has 3 aromatic carbocycles. The molecule has 0 spiro atoms. The van der Waals surface area contributed by atoms with Gasteiger partial charge in [0.1, 0.15) is 6.04 Å². The molecule has 4 nitrogen and oxygen atoms in total. The van der Waals surface area contributed by atoms with Crippen LogP contribution in [0.15, 0.2) is 72.8 Å². The van der Waals surface area contributed by atoms with Crippen molar-refractivity contribution in [1.29, 1.82) is 0 Å². The van der Waals surface area contributed by atoms with Gasteiger partial charge in [-0.3, -0.25) is 9.59 Å². The first-order valence-electron chi connectivity index (χ1n) is 12.2. The molecule has 1 N–H and O–H groups in total. The second kappa shape index (κ2) is 14.7. The number of carbonyl (C=O) groups excluding carboxylic acids is 2. The van der Waals surface area contributed by atoms with Gasteiger partial charge in [0.25, 0.3) is 0 Å². The molecule has 3 rings (SSSR count). The van der Waals surface area contributed by atoms with Gasteiger partial charge >= 0.3 is 0 Å². The molecule has 2 atom stereocenters. The van der Waals surface area contributed by atoms with E-state index in [1.807, 2.05) is 68.4 Å². The molecule has 0 unspecified atom stereocenters. The SMILES string of the molecule is CC[C@@H](C)NC(=O)[C@@H](Cc1ccccc1)N(Cc1c(Cl)cccc1Cl)C(=O)CSCc1ccc(Cl)cc1. The minimum absolute atomic E-state index is 0.0223. The third kappa shape index (κ3) is 8.96. The molecular weight excluding hydrogens is 547 g/mol. The summed E-state index contributed by atoms with van der Waals surface area (Å²) in [6.45, 7) is 4.10. The van der Waals surface area contributed by atoms with Crippen LogP contribution in [0.3, 0.4) is 0 Å². The molecule has 3 aromatic rings. The number of nitrogens with zero attached hydrogens (tertiary/aromatic N) is 1. The summed E-state index contributed by atoms with van der Waals surface area (Å²) in [5.41, 5.74) is 2.65. The van der Waals surface area contributed by atoms with Crippen LogP contribution in [0, 0.1) is 0 Å². The normalized spacial score (nSPS) is 12.6. The maximum Gasteiger partial charge on any atom is 0.243 e. The fourth-order valence-electron chi connectivity index (χ4n) is 3.77. The van der Waals surface area contributed by atoms with Crippen molar-refractivity contribution < 1.29 is 9.59 Å². The molecule has 0 bridgehead atoms. The first kappa shape index (κ1) is 29.4. The molecule has 2 amide bonds. The lowest BCUT2D eigenvalue weighted by Gasteiger charge is -2.32. The largest absolute Gasteiger partial charge is 0.352 e. The van der Waals surface area contributed by atoms with Crippen molar-refractivity contribution in [2.45, 2.75) is 51.1 Å². The number of rotatable bonds is 12. The maximum atomic E-state index is 13.7. The zero-order valence-electron chi connectivity index (χ0n) is 20.9. The van der Waals surface area contributed by atoms with E-state index in [4.69, 9.17) is 34.8 Å². The Morgan fingerprint density at radius 1 is 0.892 bits per heavy atom. The Kier molecular flexibility index (Phi) is 11.7. The summed E-state index contributed by atoms with van der Waals surface area (Å²) in [5, 5.41) is 4.66. The summed E-state index contributed by atoms with van der Waals surface area (Å²) < 4.78 is 0. The summed E-state index contributed by atoms with van der Waals surface area (Å²) in [7, 11) is 0. The van der Waals surface area contributed by atoms with E-state index in [1.165, 1.54) is 11.8 Å². The van der Waals surface area contributed by atoms with E-state index < -0.39 is 6.04 Å². The number of hydrogen-bond donors (Lipinski definition) is 1. The molecule has 37 heavy (non-hydrogen) atoms. The fraction of sp³-hybridized carbons (Fsp3) is 0.310. The summed E-state index contributed by atoms with van der Waals surface area (Å²) in [6, 6.07) is 21.8. The van der Waals surface area contributed by atoms with Crippen molar-refractivity contribution in [3.8, 4) is 0 Å². The summed E-state index contributed by atoms with van der Waals surface area (Å²) in [5.74, 6) is 0.492. The lowest BCUT2D eigenvalue weighted by Crippen LogP contribution is -2.52. The van der Waals surface area contributed by atoms with E-state index >= 15 is 0 Å². The molecule has 0 aliphatic rings. The first-order valence-corrected chi connectivity index (χ1v) is 14.5. The van der Waals surface area contributed by atoms with Gasteiger partial charge in [0.15, 0.2) is 0 Å². The number of thioether (sulfide) groups is 1. The maximum absolute atomic E-state index is 13.7. The minimum atomic E-state index is -0.729. The highest BCUT2D eigenvalue weighted by Gasteiger charge is 2.31. The van der Waals surface area contributed by atoms with Gasteiger partial charge in [0.2, 0.25) is 11.8 Å². The number of carbonyl (C=O) groups is 2.